The number of aromatic nitrogens is 1. The molecule has 0 unspecified atom stereocenters. The van der Waals surface area contributed by atoms with Crippen molar-refractivity contribution in [3.63, 3.8) is 0 Å². The van der Waals surface area contributed by atoms with Crippen LogP contribution in [0.5, 0.6) is 0 Å². The van der Waals surface area contributed by atoms with Crippen LogP contribution in [-0.2, 0) is 0 Å². The normalized spacial score (nSPS) is 11.3. The van der Waals surface area contributed by atoms with E-state index in [0.29, 0.717) is 5.56 Å². The average Bonchev–Trinajstić information content (AvgIpc) is 3.07. The monoisotopic (exact) mass is 532 g/mol. The molecule has 0 amide bonds. The van der Waals surface area contributed by atoms with E-state index in [-0.39, 0.29) is 0 Å². The zero-order valence-corrected chi connectivity index (χ0v) is 22.8. The maximum Gasteiger partial charge on any atom is 0.0991 e. The van der Waals surface area contributed by atoms with E-state index in [1.807, 2.05) is 24.3 Å². The van der Waals surface area contributed by atoms with Gasteiger partial charge in [0, 0.05) is 16.3 Å². The van der Waals surface area contributed by atoms with Crippen LogP contribution in [0.4, 0.5) is 0 Å². The Morgan fingerprint density at radius 3 is 1.64 bits per heavy atom. The topological polar surface area (TPSA) is 36.7 Å². The van der Waals surface area contributed by atoms with Crippen molar-refractivity contribution in [3.8, 4) is 39.6 Å². The lowest BCUT2D eigenvalue weighted by atomic mass is 9.88. The first-order chi connectivity index (χ1) is 20.8. The highest BCUT2D eigenvalue weighted by molar-refractivity contribution is 6.19. The third-order valence-electron chi connectivity index (χ3n) is 8.27. The van der Waals surface area contributed by atoms with Crippen molar-refractivity contribution in [3.05, 3.63) is 151 Å². The number of nitrogens with zero attached hydrogens (tertiary/aromatic N) is 2. The molecule has 194 valence electrons. The number of nitriles is 1. The van der Waals surface area contributed by atoms with Crippen LogP contribution in [0.15, 0.2) is 146 Å². The Morgan fingerprint density at radius 2 is 0.976 bits per heavy atom. The van der Waals surface area contributed by atoms with E-state index >= 15 is 0 Å². The maximum atomic E-state index is 9.62. The summed E-state index contributed by atoms with van der Waals surface area (Å²) in [6, 6.07) is 53.3. The van der Waals surface area contributed by atoms with Gasteiger partial charge in [-0.1, -0.05) is 121 Å². The minimum Gasteiger partial charge on any atom is -0.247 e. The molecule has 8 aromatic rings. The zero-order valence-electron chi connectivity index (χ0n) is 22.8. The van der Waals surface area contributed by atoms with Crippen LogP contribution >= 0.6 is 0 Å². The molecule has 0 aliphatic rings. The SMILES string of the molecule is N#Cc1cccc(-c2cc(-c3cccc4ccccc34)c3cc(-c4cccc5ccccc45)c4ccccc4c3n2)c1. The minimum absolute atomic E-state index is 0.622. The minimum atomic E-state index is 0.622. The Balaban J connectivity index is 1.54. The van der Waals surface area contributed by atoms with Gasteiger partial charge in [-0.15, -0.1) is 0 Å². The molecular weight excluding hydrogens is 508 g/mol. The lowest BCUT2D eigenvalue weighted by molar-refractivity contribution is 1.40. The van der Waals surface area contributed by atoms with Gasteiger partial charge >= 0.3 is 0 Å². The molecule has 1 aromatic heterocycles. The van der Waals surface area contributed by atoms with Gasteiger partial charge in [-0.05, 0) is 73.5 Å². The number of hydrogen-bond donors (Lipinski definition) is 0. The van der Waals surface area contributed by atoms with E-state index in [1.54, 1.807) is 0 Å². The van der Waals surface area contributed by atoms with Crippen molar-refractivity contribution in [1.82, 2.24) is 4.98 Å². The van der Waals surface area contributed by atoms with E-state index in [9.17, 15) is 5.26 Å². The molecule has 2 nitrogen and oxygen atoms in total. The number of rotatable bonds is 3. The second kappa shape index (κ2) is 9.70. The summed E-state index contributed by atoms with van der Waals surface area (Å²) in [5, 5.41) is 17.8. The van der Waals surface area contributed by atoms with Gasteiger partial charge in [-0.25, -0.2) is 4.98 Å². The lowest BCUT2D eigenvalue weighted by Crippen LogP contribution is -1.94. The summed E-state index contributed by atoms with van der Waals surface area (Å²) >= 11 is 0. The molecule has 0 radical (unpaired) electrons. The Hall–Kier alpha value is -5.78. The first kappa shape index (κ1) is 24.1. The van der Waals surface area contributed by atoms with Gasteiger partial charge in [0.05, 0.1) is 22.8 Å². The van der Waals surface area contributed by atoms with E-state index < -0.39 is 0 Å². The molecule has 42 heavy (non-hydrogen) atoms. The van der Waals surface area contributed by atoms with Crippen molar-refractivity contribution in [2.24, 2.45) is 0 Å². The van der Waals surface area contributed by atoms with Gasteiger partial charge in [0.25, 0.3) is 0 Å². The molecule has 0 N–H and O–H groups in total. The first-order valence-corrected chi connectivity index (χ1v) is 14.1. The highest BCUT2D eigenvalue weighted by atomic mass is 14.7. The highest BCUT2D eigenvalue weighted by Crippen LogP contribution is 2.43. The van der Waals surface area contributed by atoms with Crippen molar-refractivity contribution >= 4 is 43.2 Å². The van der Waals surface area contributed by atoms with Crippen LogP contribution in [0.2, 0.25) is 0 Å². The molecule has 2 heteroatoms. The molecule has 0 fully saturated rings. The molecule has 0 aliphatic heterocycles. The average molecular weight is 533 g/mol. The third-order valence-corrected chi connectivity index (χ3v) is 8.27. The van der Waals surface area contributed by atoms with Gasteiger partial charge < -0.3 is 0 Å². The fraction of sp³-hybridized carbons (Fsp3) is 0. The van der Waals surface area contributed by atoms with Crippen molar-refractivity contribution < 1.29 is 0 Å². The Bertz CT molecular complexity index is 2370. The molecule has 0 atom stereocenters. The van der Waals surface area contributed by atoms with Crippen LogP contribution in [0.1, 0.15) is 5.56 Å². The third kappa shape index (κ3) is 3.84. The fourth-order valence-corrected chi connectivity index (χ4v) is 6.32. The molecule has 7 aromatic carbocycles. The molecular formula is C40H24N2. The second-order valence-electron chi connectivity index (χ2n) is 10.7. The lowest BCUT2D eigenvalue weighted by Gasteiger charge is -2.17. The predicted octanol–water partition coefficient (Wildman–Crippen LogP) is 10.6. The summed E-state index contributed by atoms with van der Waals surface area (Å²) in [4.78, 5) is 5.30. The van der Waals surface area contributed by atoms with Crippen LogP contribution in [0.25, 0.3) is 76.7 Å². The van der Waals surface area contributed by atoms with Crippen LogP contribution in [-0.4, -0.2) is 4.98 Å². The van der Waals surface area contributed by atoms with Crippen molar-refractivity contribution in [1.29, 1.82) is 5.26 Å². The standard InChI is InChI=1S/C40H24N2/c41-25-26-10-7-15-29(22-26)39-24-37(33-21-9-14-28-12-2-4-17-31(28)33)38-23-36(34-18-5-6-19-35(34)40(38)42-39)32-20-8-13-27-11-1-3-16-30(27)32/h1-24H. The van der Waals surface area contributed by atoms with E-state index in [4.69, 9.17) is 4.98 Å². The van der Waals surface area contributed by atoms with E-state index in [1.165, 1.54) is 38.1 Å². The molecule has 8 rings (SSSR count). The fourth-order valence-electron chi connectivity index (χ4n) is 6.32. The van der Waals surface area contributed by atoms with Crippen molar-refractivity contribution in [2.45, 2.75) is 0 Å². The maximum absolute atomic E-state index is 9.62. The van der Waals surface area contributed by atoms with E-state index in [0.717, 1.165) is 38.7 Å². The number of fused-ring (bicyclic) bond motifs is 5. The van der Waals surface area contributed by atoms with Gasteiger partial charge in [0.1, 0.15) is 0 Å². The quantitative estimate of drug-likeness (QED) is 0.212. The number of benzene rings is 7. The largest absolute Gasteiger partial charge is 0.247 e. The number of hydrogen-bond acceptors (Lipinski definition) is 2. The Morgan fingerprint density at radius 1 is 0.429 bits per heavy atom. The highest BCUT2D eigenvalue weighted by Gasteiger charge is 2.18. The second-order valence-corrected chi connectivity index (χ2v) is 10.7. The molecule has 0 aliphatic carbocycles. The summed E-state index contributed by atoms with van der Waals surface area (Å²) in [6.45, 7) is 0. The van der Waals surface area contributed by atoms with Gasteiger partial charge in [0.15, 0.2) is 0 Å². The Kier molecular flexibility index (Phi) is 5.55. The number of pyridine rings is 1. The first-order valence-electron chi connectivity index (χ1n) is 14.1. The molecule has 0 saturated carbocycles. The van der Waals surface area contributed by atoms with Crippen LogP contribution in [0.3, 0.4) is 0 Å². The molecule has 0 bridgehead atoms. The van der Waals surface area contributed by atoms with Gasteiger partial charge in [0.2, 0.25) is 0 Å². The van der Waals surface area contributed by atoms with E-state index in [2.05, 4.69) is 127 Å². The summed E-state index contributed by atoms with van der Waals surface area (Å²) in [6.07, 6.45) is 0. The summed E-state index contributed by atoms with van der Waals surface area (Å²) < 4.78 is 0. The molecule has 0 spiro atoms. The van der Waals surface area contributed by atoms with Gasteiger partial charge in [-0.2, -0.15) is 5.26 Å². The molecule has 1 heterocycles. The smallest absolute Gasteiger partial charge is 0.0991 e. The van der Waals surface area contributed by atoms with Crippen LogP contribution < -0.4 is 0 Å². The van der Waals surface area contributed by atoms with Crippen LogP contribution in [0, 0.1) is 11.3 Å². The summed E-state index contributed by atoms with van der Waals surface area (Å²) in [5.74, 6) is 0. The zero-order chi connectivity index (χ0) is 28.0. The van der Waals surface area contributed by atoms with Gasteiger partial charge in [-0.3, -0.25) is 0 Å². The molecule has 0 saturated heterocycles. The summed E-state index contributed by atoms with van der Waals surface area (Å²) in [5.41, 5.74) is 8.05. The predicted molar refractivity (Wildman–Crippen MR) is 175 cm³/mol. The Labute approximate surface area is 243 Å². The van der Waals surface area contributed by atoms with Crippen molar-refractivity contribution in [2.75, 3.05) is 0 Å². The summed E-state index contributed by atoms with van der Waals surface area (Å²) in [7, 11) is 0.